The molecule has 168 valence electrons. The summed E-state index contributed by atoms with van der Waals surface area (Å²) in [6.07, 6.45) is 5.42. The second kappa shape index (κ2) is 8.97. The molecular weight excluding hydrogens is 432 g/mol. The first-order valence-corrected chi connectivity index (χ1v) is 13.2. The third kappa shape index (κ3) is 4.69. The quantitative estimate of drug-likeness (QED) is 0.705. The number of benzene rings is 1. The molecule has 2 heterocycles. The number of nitrogens with zero attached hydrogens (tertiary/aromatic N) is 2. The second-order valence-electron chi connectivity index (χ2n) is 8.63. The Morgan fingerprint density at radius 3 is 2.52 bits per heavy atom. The molecule has 1 amide bonds. The third-order valence-electron chi connectivity index (χ3n) is 6.32. The Morgan fingerprint density at radius 1 is 1.16 bits per heavy atom. The average molecular weight is 463 g/mol. The monoisotopic (exact) mass is 462 g/mol. The molecule has 4 rings (SSSR count). The van der Waals surface area contributed by atoms with E-state index < -0.39 is 10.0 Å². The molecule has 1 saturated carbocycles. The number of amides is 1. The summed E-state index contributed by atoms with van der Waals surface area (Å²) >= 11 is 1.39. The molecule has 31 heavy (non-hydrogen) atoms. The van der Waals surface area contributed by atoms with E-state index in [1.54, 1.807) is 6.07 Å². The minimum atomic E-state index is -3.59. The number of sulfonamides is 1. The van der Waals surface area contributed by atoms with Crippen LogP contribution in [0.4, 0.5) is 5.13 Å². The first kappa shape index (κ1) is 22.4. The van der Waals surface area contributed by atoms with Crippen molar-refractivity contribution in [2.24, 2.45) is 11.7 Å². The van der Waals surface area contributed by atoms with Gasteiger partial charge in [-0.25, -0.2) is 13.4 Å². The normalized spacial score (nSPS) is 19.1. The smallest absolute Gasteiger partial charge is 0.243 e. The lowest BCUT2D eigenvalue weighted by Gasteiger charge is -2.29. The number of aryl methyl sites for hydroxylation is 2. The van der Waals surface area contributed by atoms with Crippen LogP contribution in [0.15, 0.2) is 23.1 Å². The molecule has 0 unspecified atom stereocenters. The summed E-state index contributed by atoms with van der Waals surface area (Å²) in [4.78, 5) is 18.2. The highest BCUT2D eigenvalue weighted by Crippen LogP contribution is 2.36. The first-order valence-electron chi connectivity index (χ1n) is 10.9. The number of aromatic nitrogens is 1. The average Bonchev–Trinajstić information content (AvgIpc) is 3.39. The maximum atomic E-state index is 13.3. The van der Waals surface area contributed by atoms with Crippen molar-refractivity contribution >= 4 is 32.4 Å². The van der Waals surface area contributed by atoms with Crippen LogP contribution in [0.3, 0.4) is 0 Å². The van der Waals surface area contributed by atoms with E-state index in [1.807, 2.05) is 26.0 Å². The number of nitrogens with two attached hydrogens (primary N) is 1. The summed E-state index contributed by atoms with van der Waals surface area (Å²) in [7, 11) is -3.59. The molecule has 0 spiro atoms. The van der Waals surface area contributed by atoms with Crippen LogP contribution in [0.1, 0.15) is 49.8 Å². The van der Waals surface area contributed by atoms with Crippen molar-refractivity contribution in [3.05, 3.63) is 29.5 Å². The summed E-state index contributed by atoms with van der Waals surface area (Å²) in [5, 5.41) is 3.53. The van der Waals surface area contributed by atoms with Gasteiger partial charge in [-0.05, 0) is 56.7 Å². The van der Waals surface area contributed by atoms with Crippen LogP contribution in [0, 0.1) is 19.8 Å². The van der Waals surface area contributed by atoms with Gasteiger partial charge >= 0.3 is 0 Å². The SMILES string of the molecule is Cc1ccc(-c2sc(NC(=O)C3CCCC3)nc2C)cc1S(=O)(=O)N1CCC(N)CC1. The van der Waals surface area contributed by atoms with E-state index >= 15 is 0 Å². The Kier molecular flexibility index (Phi) is 6.48. The van der Waals surface area contributed by atoms with E-state index in [0.717, 1.165) is 47.4 Å². The highest BCUT2D eigenvalue weighted by Gasteiger charge is 2.30. The van der Waals surface area contributed by atoms with Gasteiger partial charge in [0.1, 0.15) is 0 Å². The zero-order chi connectivity index (χ0) is 22.2. The number of carbonyl (C=O) groups excluding carboxylic acids is 1. The van der Waals surface area contributed by atoms with Gasteiger partial charge in [0.2, 0.25) is 15.9 Å². The van der Waals surface area contributed by atoms with Gasteiger partial charge in [-0.1, -0.05) is 36.3 Å². The molecule has 0 radical (unpaired) electrons. The van der Waals surface area contributed by atoms with E-state index in [9.17, 15) is 13.2 Å². The molecule has 1 aromatic heterocycles. The number of carbonyl (C=O) groups is 1. The Balaban J connectivity index is 1.59. The van der Waals surface area contributed by atoms with Crippen LogP contribution in [0.2, 0.25) is 0 Å². The summed E-state index contributed by atoms with van der Waals surface area (Å²) in [6.45, 7) is 4.60. The third-order valence-corrected chi connectivity index (χ3v) is 9.48. The van der Waals surface area contributed by atoms with Crippen LogP contribution in [0.5, 0.6) is 0 Å². The number of thiazole rings is 1. The largest absolute Gasteiger partial charge is 0.328 e. The van der Waals surface area contributed by atoms with Crippen molar-refractivity contribution in [2.45, 2.75) is 63.3 Å². The maximum Gasteiger partial charge on any atom is 0.243 e. The van der Waals surface area contributed by atoms with E-state index in [2.05, 4.69) is 10.3 Å². The molecule has 7 nitrogen and oxygen atoms in total. The van der Waals surface area contributed by atoms with Crippen LogP contribution < -0.4 is 11.1 Å². The standard InChI is InChI=1S/C22H30N4O3S2/c1-14-7-8-17(13-19(14)31(28,29)26-11-9-18(23)10-12-26)20-15(2)24-22(30-20)25-21(27)16-5-3-4-6-16/h7-8,13,16,18H,3-6,9-12,23H2,1-2H3,(H,24,25,27). The van der Waals surface area contributed by atoms with Crippen molar-refractivity contribution in [2.75, 3.05) is 18.4 Å². The van der Waals surface area contributed by atoms with Gasteiger partial charge in [0.05, 0.1) is 15.5 Å². The van der Waals surface area contributed by atoms with E-state index in [1.165, 1.54) is 15.6 Å². The minimum Gasteiger partial charge on any atom is -0.328 e. The molecule has 1 aliphatic heterocycles. The van der Waals surface area contributed by atoms with Crippen molar-refractivity contribution in [3.63, 3.8) is 0 Å². The summed E-state index contributed by atoms with van der Waals surface area (Å²) < 4.78 is 28.1. The molecule has 3 N–H and O–H groups in total. The Bertz CT molecular complexity index is 1070. The lowest BCUT2D eigenvalue weighted by Crippen LogP contribution is -2.42. The number of piperidine rings is 1. The van der Waals surface area contributed by atoms with Gasteiger partial charge < -0.3 is 11.1 Å². The number of rotatable bonds is 5. The van der Waals surface area contributed by atoms with Crippen molar-refractivity contribution < 1.29 is 13.2 Å². The summed E-state index contributed by atoms with van der Waals surface area (Å²) in [5.41, 5.74) is 8.24. The molecule has 2 fully saturated rings. The minimum absolute atomic E-state index is 0.0354. The van der Waals surface area contributed by atoms with Crippen LogP contribution in [-0.2, 0) is 14.8 Å². The lowest BCUT2D eigenvalue weighted by atomic mass is 10.1. The van der Waals surface area contributed by atoms with Crippen LogP contribution in [0.25, 0.3) is 10.4 Å². The lowest BCUT2D eigenvalue weighted by molar-refractivity contribution is -0.119. The highest BCUT2D eigenvalue weighted by molar-refractivity contribution is 7.89. The maximum absolute atomic E-state index is 13.3. The zero-order valence-corrected chi connectivity index (χ0v) is 19.7. The van der Waals surface area contributed by atoms with Crippen molar-refractivity contribution in [3.8, 4) is 10.4 Å². The number of nitrogens with one attached hydrogen (secondary N) is 1. The zero-order valence-electron chi connectivity index (χ0n) is 18.1. The van der Waals surface area contributed by atoms with E-state index in [4.69, 9.17) is 5.73 Å². The molecular formula is C22H30N4O3S2. The number of hydrogen-bond acceptors (Lipinski definition) is 6. The number of anilines is 1. The van der Waals surface area contributed by atoms with E-state index in [-0.39, 0.29) is 17.9 Å². The predicted octanol–water partition coefficient (Wildman–Crippen LogP) is 3.67. The summed E-state index contributed by atoms with van der Waals surface area (Å²) in [5.74, 6) is 0.106. The van der Waals surface area contributed by atoms with Crippen LogP contribution >= 0.6 is 11.3 Å². The highest BCUT2D eigenvalue weighted by atomic mass is 32.2. The number of hydrogen-bond donors (Lipinski definition) is 2. The first-order chi connectivity index (χ1) is 14.8. The Labute approximate surface area is 188 Å². The molecule has 9 heteroatoms. The molecule has 0 bridgehead atoms. The van der Waals surface area contributed by atoms with E-state index in [0.29, 0.717) is 36.0 Å². The van der Waals surface area contributed by atoms with Gasteiger partial charge in [0, 0.05) is 25.0 Å². The van der Waals surface area contributed by atoms with Gasteiger partial charge in [0.25, 0.3) is 0 Å². The fraction of sp³-hybridized carbons (Fsp3) is 0.545. The van der Waals surface area contributed by atoms with Gasteiger partial charge in [-0.2, -0.15) is 4.31 Å². The fourth-order valence-electron chi connectivity index (χ4n) is 4.39. The molecule has 1 saturated heterocycles. The Morgan fingerprint density at radius 2 is 1.84 bits per heavy atom. The molecule has 0 atom stereocenters. The molecule has 1 aliphatic carbocycles. The Hall–Kier alpha value is -1.81. The second-order valence-corrected chi connectivity index (χ2v) is 11.5. The molecule has 2 aromatic rings. The van der Waals surface area contributed by atoms with Gasteiger partial charge in [0.15, 0.2) is 5.13 Å². The molecule has 1 aromatic carbocycles. The molecule has 2 aliphatic rings. The topological polar surface area (TPSA) is 105 Å². The van der Waals surface area contributed by atoms with Crippen LogP contribution in [-0.4, -0.2) is 42.7 Å². The van der Waals surface area contributed by atoms with Gasteiger partial charge in [-0.15, -0.1) is 0 Å². The van der Waals surface area contributed by atoms with Crippen molar-refractivity contribution in [1.29, 1.82) is 0 Å². The predicted molar refractivity (Wildman–Crippen MR) is 124 cm³/mol. The summed E-state index contributed by atoms with van der Waals surface area (Å²) in [6, 6.07) is 5.57. The fourth-order valence-corrected chi connectivity index (χ4v) is 7.07. The van der Waals surface area contributed by atoms with Crippen molar-refractivity contribution in [1.82, 2.24) is 9.29 Å². The van der Waals surface area contributed by atoms with Gasteiger partial charge in [-0.3, -0.25) is 4.79 Å².